The number of alkyl halides is 1. The number of hydrogen-bond donors (Lipinski definition) is 4. The van der Waals surface area contributed by atoms with E-state index in [4.69, 9.17) is 9.39 Å². The molecule has 0 aliphatic carbocycles. The summed E-state index contributed by atoms with van der Waals surface area (Å²) in [5.41, 5.74) is 0.267. The molecule has 1 aromatic heterocycles. The van der Waals surface area contributed by atoms with Crippen LogP contribution in [0, 0.1) is 0 Å². The van der Waals surface area contributed by atoms with Gasteiger partial charge in [0.05, 0.1) is 9.99 Å². The minimum atomic E-state index is -4.83. The molecule has 0 radical (unpaired) electrons. The highest BCUT2D eigenvalue weighted by Gasteiger charge is 2.26. The second-order valence-corrected chi connectivity index (χ2v) is 6.75. The summed E-state index contributed by atoms with van der Waals surface area (Å²) >= 11 is 1.86. The topological polar surface area (TPSA) is 155 Å². The van der Waals surface area contributed by atoms with Crippen LogP contribution in [0.4, 0.5) is 5.69 Å². The van der Waals surface area contributed by atoms with Crippen LogP contribution in [-0.2, 0) is 14.9 Å². The molecule has 1 aromatic carbocycles. The van der Waals surface area contributed by atoms with Gasteiger partial charge in [0.15, 0.2) is 4.90 Å². The Bertz CT molecular complexity index is 938. The van der Waals surface area contributed by atoms with Gasteiger partial charge in [-0.3, -0.25) is 9.35 Å². The van der Waals surface area contributed by atoms with Crippen molar-refractivity contribution in [1.29, 1.82) is 0 Å². The van der Waals surface area contributed by atoms with Crippen LogP contribution in [0.5, 0.6) is 11.8 Å². The summed E-state index contributed by atoms with van der Waals surface area (Å²) in [5.74, 6) is -3.45. The maximum atomic E-state index is 12.1. The third-order valence-corrected chi connectivity index (χ3v) is 4.39. The number of halogens is 1. The number of amides is 1. The Hall–Kier alpha value is -2.32. The molecule has 1 amide bonds. The first-order valence-electron chi connectivity index (χ1n) is 6.43. The summed E-state index contributed by atoms with van der Waals surface area (Å²) in [5, 5.41) is 21.8. The van der Waals surface area contributed by atoms with Gasteiger partial charge in [0.25, 0.3) is 16.0 Å². The van der Waals surface area contributed by atoms with E-state index >= 15 is 0 Å². The first-order valence-corrected chi connectivity index (χ1v) is 9.39. The van der Waals surface area contributed by atoms with Gasteiger partial charge in [-0.1, -0.05) is 28.7 Å². The predicted molar refractivity (Wildman–Crippen MR) is 92.4 cm³/mol. The molecule has 134 valence electrons. The van der Waals surface area contributed by atoms with Crippen molar-refractivity contribution in [3.05, 3.63) is 35.9 Å². The van der Waals surface area contributed by atoms with E-state index in [-0.39, 0.29) is 20.6 Å². The van der Waals surface area contributed by atoms with E-state index in [1.54, 1.807) is 0 Å². The molecule has 2 aromatic rings. The number of carbonyl (C=O) groups is 2. The minimum Gasteiger partial charge on any atom is -0.492 e. The summed E-state index contributed by atoms with van der Waals surface area (Å²) in [7, 11) is -4.83. The number of rotatable bonds is 5. The maximum absolute atomic E-state index is 12.1. The van der Waals surface area contributed by atoms with E-state index in [0.29, 0.717) is 11.8 Å². The van der Waals surface area contributed by atoms with E-state index < -0.39 is 32.7 Å². The van der Waals surface area contributed by atoms with Gasteiger partial charge in [0.1, 0.15) is 0 Å². The van der Waals surface area contributed by atoms with Crippen molar-refractivity contribution < 1.29 is 37.6 Å². The molecule has 0 saturated heterocycles. The molecule has 0 atom stereocenters. The number of hydrogen-bond acceptors (Lipinski definition) is 7. The molecule has 0 fully saturated rings. The first-order chi connectivity index (χ1) is 11.6. The molecule has 4 N–H and O–H groups in total. The number of benzene rings is 1. The quantitative estimate of drug-likeness (QED) is 0.277. The van der Waals surface area contributed by atoms with Gasteiger partial charge in [-0.2, -0.15) is 8.42 Å². The van der Waals surface area contributed by atoms with Crippen molar-refractivity contribution >= 4 is 50.3 Å². The lowest BCUT2D eigenvalue weighted by Gasteiger charge is -2.08. The molecule has 0 aliphatic heterocycles. The van der Waals surface area contributed by atoms with Crippen LogP contribution in [0.15, 0.2) is 35.2 Å². The zero-order valence-corrected chi connectivity index (χ0v) is 15.2. The molecule has 1 heterocycles. The fourth-order valence-electron chi connectivity index (χ4n) is 1.78. The van der Waals surface area contributed by atoms with E-state index in [1.165, 1.54) is 24.3 Å². The number of carbonyl (C=O) groups excluding carboxylic acids is 2. The van der Waals surface area contributed by atoms with Crippen molar-refractivity contribution in [2.45, 2.75) is 4.90 Å². The number of nitrogens with one attached hydrogen (secondary N) is 1. The fourth-order valence-corrected chi connectivity index (χ4v) is 2.54. The molecule has 25 heavy (non-hydrogen) atoms. The second kappa shape index (κ2) is 7.28. The Morgan fingerprint density at radius 3 is 2.48 bits per heavy atom. The van der Waals surface area contributed by atoms with Gasteiger partial charge < -0.3 is 20.4 Å². The van der Waals surface area contributed by atoms with E-state index in [2.05, 4.69) is 5.32 Å². The molecule has 0 spiro atoms. The Kier molecular flexibility index (Phi) is 5.54. The van der Waals surface area contributed by atoms with Crippen molar-refractivity contribution in [2.75, 3.05) is 9.74 Å². The van der Waals surface area contributed by atoms with Crippen LogP contribution in [0.25, 0.3) is 0 Å². The predicted octanol–water partition coefficient (Wildman–Crippen LogP) is 0.788. The molecule has 12 heteroatoms. The number of aromatic hydroxyl groups is 2. The highest BCUT2D eigenvalue weighted by atomic mass is 127. The molecule has 10 nitrogen and oxygen atoms in total. The third-order valence-electron chi connectivity index (χ3n) is 2.84. The molecular formula is C13H11IN2O8S. The normalized spacial score (nSPS) is 11.1. The first kappa shape index (κ1) is 19.0. The summed E-state index contributed by atoms with van der Waals surface area (Å²) in [6.07, 6.45) is 0. The monoisotopic (exact) mass is 482 g/mol. The minimum absolute atomic E-state index is 0.0489. The van der Waals surface area contributed by atoms with Gasteiger partial charge in [-0.25, -0.2) is 4.79 Å². The standard InChI is InChI=1S/C13H11IN2O8S/c14-6-10(17)15-8-3-1-2-7(4-8)13(20)24-16-11(18)5-9(12(16)19)25(21,22)23/h1-5,18-19H,6H2,(H,15,17)(H,21,22,23). The largest absolute Gasteiger partial charge is 0.492 e. The highest BCUT2D eigenvalue weighted by Crippen LogP contribution is 2.30. The Morgan fingerprint density at radius 2 is 1.92 bits per heavy atom. The van der Waals surface area contributed by atoms with Crippen molar-refractivity contribution in [2.24, 2.45) is 0 Å². The van der Waals surface area contributed by atoms with Crippen LogP contribution in [-0.4, -0.2) is 44.2 Å². The second-order valence-electron chi connectivity index (χ2n) is 4.60. The Balaban J connectivity index is 2.28. The molecule has 0 unspecified atom stereocenters. The Morgan fingerprint density at radius 1 is 1.24 bits per heavy atom. The van der Waals surface area contributed by atoms with Crippen LogP contribution < -0.4 is 10.2 Å². The van der Waals surface area contributed by atoms with E-state index in [1.807, 2.05) is 22.6 Å². The zero-order chi connectivity index (χ0) is 18.8. The van der Waals surface area contributed by atoms with Crippen molar-refractivity contribution in [1.82, 2.24) is 4.73 Å². The van der Waals surface area contributed by atoms with Crippen molar-refractivity contribution in [3.8, 4) is 11.8 Å². The fraction of sp³-hybridized carbons (Fsp3) is 0.0769. The lowest BCUT2D eigenvalue weighted by atomic mass is 10.2. The number of anilines is 1. The molecule has 0 saturated carbocycles. The lowest BCUT2D eigenvalue weighted by Crippen LogP contribution is -2.20. The summed E-state index contributed by atoms with van der Waals surface area (Å²) in [6.45, 7) is 0. The maximum Gasteiger partial charge on any atom is 0.364 e. The average molecular weight is 482 g/mol. The van der Waals surface area contributed by atoms with Crippen LogP contribution in [0.3, 0.4) is 0 Å². The van der Waals surface area contributed by atoms with Gasteiger partial charge in [-0.15, -0.1) is 4.73 Å². The third kappa shape index (κ3) is 4.40. The molecular weight excluding hydrogens is 471 g/mol. The summed E-state index contributed by atoms with van der Waals surface area (Å²) in [4.78, 5) is 27.1. The lowest BCUT2D eigenvalue weighted by molar-refractivity contribution is -0.113. The SMILES string of the molecule is O=C(CI)Nc1cccc(C(=O)On2c(O)cc(S(=O)(=O)O)c2O)c1. The number of nitrogens with zero attached hydrogens (tertiary/aromatic N) is 1. The smallest absolute Gasteiger partial charge is 0.364 e. The van der Waals surface area contributed by atoms with E-state index in [9.17, 15) is 28.2 Å². The highest BCUT2D eigenvalue weighted by molar-refractivity contribution is 14.1. The molecule has 2 rings (SSSR count). The van der Waals surface area contributed by atoms with Crippen LogP contribution in [0.1, 0.15) is 10.4 Å². The van der Waals surface area contributed by atoms with Gasteiger partial charge in [-0.05, 0) is 18.2 Å². The van der Waals surface area contributed by atoms with Crippen molar-refractivity contribution in [3.63, 3.8) is 0 Å². The van der Waals surface area contributed by atoms with Crippen LogP contribution >= 0.6 is 22.6 Å². The van der Waals surface area contributed by atoms with E-state index in [0.717, 1.165) is 0 Å². The van der Waals surface area contributed by atoms with Crippen LogP contribution in [0.2, 0.25) is 0 Å². The molecule has 0 aliphatic rings. The number of aromatic nitrogens is 1. The Labute approximate surface area is 154 Å². The zero-order valence-electron chi connectivity index (χ0n) is 12.2. The van der Waals surface area contributed by atoms with Gasteiger partial charge in [0.2, 0.25) is 11.8 Å². The van der Waals surface area contributed by atoms with Gasteiger partial charge >= 0.3 is 5.97 Å². The summed E-state index contributed by atoms with van der Waals surface area (Å²) < 4.78 is 31.3. The average Bonchev–Trinajstić information content (AvgIpc) is 2.83. The summed E-state index contributed by atoms with van der Waals surface area (Å²) in [6, 6.07) is 6.12. The molecule has 0 bridgehead atoms. The van der Waals surface area contributed by atoms with Gasteiger partial charge in [0, 0.05) is 11.8 Å².